The van der Waals surface area contributed by atoms with Gasteiger partial charge in [0.15, 0.2) is 6.61 Å². The van der Waals surface area contributed by atoms with Gasteiger partial charge in [-0.25, -0.2) is 0 Å². The molecule has 0 aromatic heterocycles. The molecule has 20 heavy (non-hydrogen) atoms. The predicted molar refractivity (Wildman–Crippen MR) is 80.5 cm³/mol. The highest BCUT2D eigenvalue weighted by Gasteiger charge is 2.17. The van der Waals surface area contributed by atoms with E-state index in [4.69, 9.17) is 33.0 Å². The molecule has 4 nitrogen and oxygen atoms in total. The fourth-order valence-corrected chi connectivity index (χ4v) is 1.99. The molecule has 6 heteroatoms. The first-order valence-corrected chi connectivity index (χ1v) is 7.19. The maximum Gasteiger partial charge on any atom is 0.260 e. The maximum absolute atomic E-state index is 12.1. The second-order valence-corrected chi connectivity index (χ2v) is 5.44. The Morgan fingerprint density at radius 2 is 2.05 bits per heavy atom. The van der Waals surface area contributed by atoms with Crippen LogP contribution in [0.5, 0.6) is 5.75 Å². The van der Waals surface area contributed by atoms with Crippen molar-refractivity contribution in [2.45, 2.75) is 26.3 Å². The Labute approximate surface area is 129 Å². The van der Waals surface area contributed by atoms with Gasteiger partial charge in [-0.3, -0.25) is 4.79 Å². The second kappa shape index (κ2) is 8.35. The van der Waals surface area contributed by atoms with Crippen molar-refractivity contribution in [1.29, 1.82) is 0 Å². The summed E-state index contributed by atoms with van der Waals surface area (Å²) in [4.78, 5) is 13.8. The molecule has 0 aliphatic rings. The van der Waals surface area contributed by atoms with Crippen LogP contribution in [-0.4, -0.2) is 41.7 Å². The van der Waals surface area contributed by atoms with Crippen LogP contribution in [0.2, 0.25) is 10.0 Å². The zero-order chi connectivity index (χ0) is 15.1. The minimum Gasteiger partial charge on any atom is -0.484 e. The summed E-state index contributed by atoms with van der Waals surface area (Å²) in [7, 11) is 0. The quantitative estimate of drug-likeness (QED) is 0.840. The molecular weight excluding hydrogens is 301 g/mol. The third-order valence-electron chi connectivity index (χ3n) is 2.75. The molecule has 0 fully saturated rings. The summed E-state index contributed by atoms with van der Waals surface area (Å²) in [6, 6.07) is 4.92. The van der Waals surface area contributed by atoms with Gasteiger partial charge in [0.2, 0.25) is 0 Å². The summed E-state index contributed by atoms with van der Waals surface area (Å²) in [5.41, 5.74) is 0. The average Bonchev–Trinajstić information content (AvgIpc) is 2.40. The summed E-state index contributed by atoms with van der Waals surface area (Å²) >= 11 is 11.7. The first-order valence-electron chi connectivity index (χ1n) is 6.44. The maximum atomic E-state index is 12.1. The van der Waals surface area contributed by atoms with E-state index in [1.807, 2.05) is 13.8 Å². The van der Waals surface area contributed by atoms with Crippen LogP contribution in [0, 0.1) is 0 Å². The first kappa shape index (κ1) is 17.1. The third-order valence-corrected chi connectivity index (χ3v) is 3.49. The van der Waals surface area contributed by atoms with Crippen molar-refractivity contribution in [3.8, 4) is 5.75 Å². The number of nitrogens with zero attached hydrogens (tertiary/aromatic N) is 1. The van der Waals surface area contributed by atoms with E-state index in [0.29, 0.717) is 28.8 Å². The number of hydrogen-bond acceptors (Lipinski definition) is 3. The van der Waals surface area contributed by atoms with Gasteiger partial charge in [0.1, 0.15) is 5.75 Å². The number of carbonyl (C=O) groups is 1. The lowest BCUT2D eigenvalue weighted by molar-refractivity contribution is -0.135. The van der Waals surface area contributed by atoms with E-state index >= 15 is 0 Å². The van der Waals surface area contributed by atoms with Crippen molar-refractivity contribution in [3.05, 3.63) is 28.2 Å². The van der Waals surface area contributed by atoms with Crippen molar-refractivity contribution in [1.82, 2.24) is 4.90 Å². The van der Waals surface area contributed by atoms with Crippen molar-refractivity contribution >= 4 is 29.1 Å². The molecule has 0 bridgehead atoms. The number of aliphatic hydroxyl groups is 1. The molecule has 1 N–H and O–H groups in total. The Bertz CT molecular complexity index is 452. The highest BCUT2D eigenvalue weighted by atomic mass is 35.5. The summed E-state index contributed by atoms with van der Waals surface area (Å²) < 4.78 is 5.42. The third kappa shape index (κ3) is 5.19. The minimum absolute atomic E-state index is 0.0597. The van der Waals surface area contributed by atoms with Crippen molar-refractivity contribution in [2.24, 2.45) is 0 Å². The lowest BCUT2D eigenvalue weighted by Gasteiger charge is -2.26. The van der Waals surface area contributed by atoms with Crippen LogP contribution in [0.25, 0.3) is 0 Å². The molecule has 0 saturated heterocycles. The number of halogens is 2. The predicted octanol–water partition coefficient (Wildman–Crippen LogP) is 2.99. The summed E-state index contributed by atoms with van der Waals surface area (Å²) in [6.07, 6.45) is 0.552. The number of benzene rings is 1. The van der Waals surface area contributed by atoms with Gasteiger partial charge in [-0.1, -0.05) is 23.2 Å². The van der Waals surface area contributed by atoms with Crippen LogP contribution in [0.1, 0.15) is 20.3 Å². The van der Waals surface area contributed by atoms with Gasteiger partial charge in [0.25, 0.3) is 5.91 Å². The SMILES string of the molecule is CC(C)N(CCCO)C(=O)COc1ccc(Cl)c(Cl)c1. The number of rotatable bonds is 7. The average molecular weight is 320 g/mol. The summed E-state index contributed by atoms with van der Waals surface area (Å²) in [6.45, 7) is 4.35. The lowest BCUT2D eigenvalue weighted by atomic mass is 10.3. The molecule has 1 rings (SSSR count). The Morgan fingerprint density at radius 1 is 1.35 bits per heavy atom. The Morgan fingerprint density at radius 3 is 2.60 bits per heavy atom. The Kier molecular flexibility index (Phi) is 7.13. The number of hydrogen-bond donors (Lipinski definition) is 1. The number of amides is 1. The highest BCUT2D eigenvalue weighted by molar-refractivity contribution is 6.42. The van der Waals surface area contributed by atoms with Gasteiger partial charge in [0.05, 0.1) is 10.0 Å². The van der Waals surface area contributed by atoms with Crippen molar-refractivity contribution < 1.29 is 14.6 Å². The zero-order valence-electron chi connectivity index (χ0n) is 11.6. The van der Waals surface area contributed by atoms with E-state index in [-0.39, 0.29) is 25.2 Å². The van der Waals surface area contributed by atoms with Gasteiger partial charge < -0.3 is 14.7 Å². The molecule has 0 spiro atoms. The van der Waals surface area contributed by atoms with E-state index in [1.165, 1.54) is 0 Å². The van der Waals surface area contributed by atoms with E-state index < -0.39 is 0 Å². The second-order valence-electron chi connectivity index (χ2n) is 4.62. The van der Waals surface area contributed by atoms with Crippen LogP contribution >= 0.6 is 23.2 Å². The number of ether oxygens (including phenoxy) is 1. The van der Waals surface area contributed by atoms with Gasteiger partial charge >= 0.3 is 0 Å². The standard InChI is InChI=1S/C14H19Cl2NO3/c1-10(2)17(6-3-7-18)14(19)9-20-11-4-5-12(15)13(16)8-11/h4-5,8,10,18H,3,6-7,9H2,1-2H3. The normalized spacial score (nSPS) is 10.7. The van der Waals surface area contributed by atoms with Crippen molar-refractivity contribution in [3.63, 3.8) is 0 Å². The van der Waals surface area contributed by atoms with Crippen LogP contribution in [0.15, 0.2) is 18.2 Å². The first-order chi connectivity index (χ1) is 9.45. The lowest BCUT2D eigenvalue weighted by Crippen LogP contribution is -2.40. The van der Waals surface area contributed by atoms with E-state index in [2.05, 4.69) is 0 Å². The molecule has 0 heterocycles. The van der Waals surface area contributed by atoms with E-state index in [0.717, 1.165) is 0 Å². The molecule has 0 aliphatic heterocycles. The molecule has 0 unspecified atom stereocenters. The van der Waals surface area contributed by atoms with Crippen LogP contribution in [0.4, 0.5) is 0 Å². The largest absolute Gasteiger partial charge is 0.484 e. The van der Waals surface area contributed by atoms with Crippen molar-refractivity contribution in [2.75, 3.05) is 19.8 Å². The molecule has 0 aliphatic carbocycles. The van der Waals surface area contributed by atoms with Gasteiger partial charge in [0, 0.05) is 25.3 Å². The number of carbonyl (C=O) groups excluding carboxylic acids is 1. The molecular formula is C14H19Cl2NO3. The zero-order valence-corrected chi connectivity index (χ0v) is 13.1. The topological polar surface area (TPSA) is 49.8 Å². The molecule has 1 aromatic carbocycles. The van der Waals surface area contributed by atoms with Gasteiger partial charge in [-0.2, -0.15) is 0 Å². The molecule has 1 aromatic rings. The Balaban J connectivity index is 2.57. The van der Waals surface area contributed by atoms with Crippen LogP contribution in [0.3, 0.4) is 0 Å². The van der Waals surface area contributed by atoms with Gasteiger partial charge in [-0.15, -0.1) is 0 Å². The monoisotopic (exact) mass is 319 g/mol. The summed E-state index contributed by atoms with van der Waals surface area (Å²) in [5, 5.41) is 9.68. The molecule has 112 valence electrons. The smallest absolute Gasteiger partial charge is 0.260 e. The fourth-order valence-electron chi connectivity index (χ4n) is 1.71. The molecule has 1 amide bonds. The molecule has 0 radical (unpaired) electrons. The number of aliphatic hydroxyl groups excluding tert-OH is 1. The molecule has 0 atom stereocenters. The Hall–Kier alpha value is -0.970. The highest BCUT2D eigenvalue weighted by Crippen LogP contribution is 2.26. The van der Waals surface area contributed by atoms with E-state index in [9.17, 15) is 4.79 Å². The van der Waals surface area contributed by atoms with Crippen LogP contribution < -0.4 is 4.74 Å². The van der Waals surface area contributed by atoms with Crippen LogP contribution in [-0.2, 0) is 4.79 Å². The van der Waals surface area contributed by atoms with Gasteiger partial charge in [-0.05, 0) is 32.4 Å². The minimum atomic E-state index is -0.125. The summed E-state index contributed by atoms with van der Waals surface area (Å²) in [5.74, 6) is 0.373. The molecule has 0 saturated carbocycles. The van der Waals surface area contributed by atoms with E-state index in [1.54, 1.807) is 23.1 Å². The fraction of sp³-hybridized carbons (Fsp3) is 0.500.